The van der Waals surface area contributed by atoms with Crippen LogP contribution in [0.3, 0.4) is 0 Å². The van der Waals surface area contributed by atoms with Gasteiger partial charge in [0.2, 0.25) is 0 Å². The molecule has 0 amide bonds. The van der Waals surface area contributed by atoms with Crippen LogP contribution in [0.5, 0.6) is 0 Å². The second-order valence-electron chi connectivity index (χ2n) is 5.73. The summed E-state index contributed by atoms with van der Waals surface area (Å²) in [5.41, 5.74) is 0.664. The first-order valence-corrected chi connectivity index (χ1v) is 7.99. The van der Waals surface area contributed by atoms with Crippen LogP contribution in [0.2, 0.25) is 0 Å². The number of rotatable bonds is 2. The quantitative estimate of drug-likeness (QED) is 0.455. The summed E-state index contributed by atoms with van der Waals surface area (Å²) in [6.07, 6.45) is 0. The molecule has 0 aliphatic heterocycles. The molecular weight excluding hydrogens is 392 g/mol. The zero-order valence-electron chi connectivity index (χ0n) is 14.1. The van der Waals surface area contributed by atoms with E-state index in [1.807, 2.05) is 60.7 Å². The molecule has 4 aromatic carbocycles. The van der Waals surface area contributed by atoms with Crippen molar-refractivity contribution in [2.24, 2.45) is 0 Å². The van der Waals surface area contributed by atoms with Gasteiger partial charge in [0.25, 0.3) is 0 Å². The largest absolute Gasteiger partial charge is 0.478 e. The number of carboxylic acids is 2. The summed E-state index contributed by atoms with van der Waals surface area (Å²) in [5, 5.41) is 21.5. The molecule has 0 atom stereocenters. The van der Waals surface area contributed by atoms with Crippen molar-refractivity contribution in [3.05, 3.63) is 96.1 Å². The van der Waals surface area contributed by atoms with Crippen molar-refractivity contribution in [1.29, 1.82) is 0 Å². The average molecular weight is 408 g/mol. The summed E-state index contributed by atoms with van der Waals surface area (Å²) < 4.78 is 0. The number of carboxylic acid groups (broad SMARTS) is 2. The third-order valence-electron chi connectivity index (χ3n) is 3.99. The number of fused-ring (bicyclic) bond motifs is 2. The van der Waals surface area contributed by atoms with Gasteiger partial charge in [-0.3, -0.25) is 0 Å². The number of hydrogen-bond acceptors (Lipinski definition) is 2. The third-order valence-corrected chi connectivity index (χ3v) is 3.99. The van der Waals surface area contributed by atoms with Gasteiger partial charge in [-0.15, -0.1) is 0 Å². The van der Waals surface area contributed by atoms with Gasteiger partial charge in [-0.1, -0.05) is 60.7 Å². The fourth-order valence-electron chi connectivity index (χ4n) is 2.64. The monoisotopic (exact) mass is 407 g/mol. The minimum atomic E-state index is -0.884. The first kappa shape index (κ1) is 20.2. The molecule has 0 heterocycles. The molecule has 4 aromatic rings. The van der Waals surface area contributed by atoms with Crippen molar-refractivity contribution in [1.82, 2.24) is 0 Å². The molecule has 0 fully saturated rings. The third kappa shape index (κ3) is 4.94. The van der Waals surface area contributed by atoms with E-state index in [2.05, 4.69) is 0 Å². The van der Waals surface area contributed by atoms with Crippen LogP contribution < -0.4 is 0 Å². The second-order valence-corrected chi connectivity index (χ2v) is 5.73. The predicted octanol–water partition coefficient (Wildman–Crippen LogP) is 5.07. The summed E-state index contributed by atoms with van der Waals surface area (Å²) in [5.74, 6) is -1.77. The van der Waals surface area contributed by atoms with Gasteiger partial charge in [-0.2, -0.15) is 0 Å². The van der Waals surface area contributed by atoms with Gasteiger partial charge in [0.1, 0.15) is 0 Å². The van der Waals surface area contributed by atoms with Crippen molar-refractivity contribution in [2.75, 3.05) is 0 Å². The Kier molecular flexibility index (Phi) is 6.72. The zero-order chi connectivity index (χ0) is 18.5. The Labute approximate surface area is 166 Å². The Bertz CT molecular complexity index is 1020. The maximum absolute atomic E-state index is 10.6. The number of carbonyl (C=O) groups is 2. The van der Waals surface area contributed by atoms with Crippen molar-refractivity contribution < 1.29 is 36.9 Å². The molecule has 4 nitrogen and oxygen atoms in total. The number of hydrogen-bond donors (Lipinski definition) is 2. The normalized spacial score (nSPS) is 9.78. The summed E-state index contributed by atoms with van der Waals surface area (Å²) >= 11 is 0. The van der Waals surface area contributed by atoms with E-state index in [-0.39, 0.29) is 17.1 Å². The Morgan fingerprint density at radius 3 is 1.19 bits per heavy atom. The van der Waals surface area contributed by atoms with E-state index in [1.165, 1.54) is 0 Å². The Hall–Kier alpha value is -3.14. The van der Waals surface area contributed by atoms with Crippen LogP contribution in [0.4, 0.5) is 0 Å². The molecule has 0 spiro atoms. The van der Waals surface area contributed by atoms with E-state index in [1.54, 1.807) is 24.3 Å². The maximum Gasteiger partial charge on any atom is 0.335 e. The van der Waals surface area contributed by atoms with Crippen molar-refractivity contribution >= 4 is 33.5 Å². The van der Waals surface area contributed by atoms with Crippen LogP contribution in [0, 0.1) is 0 Å². The minimum absolute atomic E-state index is 0. The fourth-order valence-corrected chi connectivity index (χ4v) is 2.64. The Balaban J connectivity index is 0.000000187. The summed E-state index contributed by atoms with van der Waals surface area (Å²) in [6.45, 7) is 0. The van der Waals surface area contributed by atoms with E-state index >= 15 is 0 Å². The van der Waals surface area contributed by atoms with Gasteiger partial charge in [-0.05, 0) is 45.8 Å². The van der Waals surface area contributed by atoms with Crippen LogP contribution in [-0.4, -0.2) is 22.2 Å². The van der Waals surface area contributed by atoms with Gasteiger partial charge in [0.05, 0.1) is 11.1 Å². The molecule has 0 aliphatic carbocycles. The topological polar surface area (TPSA) is 74.6 Å². The van der Waals surface area contributed by atoms with Crippen LogP contribution >= 0.6 is 0 Å². The van der Waals surface area contributed by atoms with Crippen molar-refractivity contribution in [2.45, 2.75) is 0 Å². The molecule has 1 radical (unpaired) electrons. The first-order chi connectivity index (χ1) is 12.5. The number of aromatic carboxylic acids is 2. The average Bonchev–Trinajstić information content (AvgIpc) is 2.67. The summed E-state index contributed by atoms with van der Waals surface area (Å²) in [4.78, 5) is 21.3. The number of benzene rings is 4. The molecule has 5 heteroatoms. The second kappa shape index (κ2) is 8.99. The molecule has 0 aliphatic rings. The molecule has 27 heavy (non-hydrogen) atoms. The molecule has 0 unspecified atom stereocenters. The van der Waals surface area contributed by atoms with Crippen LogP contribution in [-0.2, 0) is 17.1 Å². The minimum Gasteiger partial charge on any atom is -0.478 e. The molecule has 0 saturated heterocycles. The van der Waals surface area contributed by atoms with Gasteiger partial charge >= 0.3 is 11.9 Å². The molecule has 4 rings (SSSR count). The Morgan fingerprint density at radius 1 is 0.519 bits per heavy atom. The van der Waals surface area contributed by atoms with Gasteiger partial charge < -0.3 is 10.2 Å². The van der Waals surface area contributed by atoms with Crippen LogP contribution in [0.1, 0.15) is 20.7 Å². The van der Waals surface area contributed by atoms with E-state index in [0.717, 1.165) is 21.5 Å². The molecule has 0 aromatic heterocycles. The molecule has 0 saturated carbocycles. The smallest absolute Gasteiger partial charge is 0.335 e. The van der Waals surface area contributed by atoms with Crippen molar-refractivity contribution in [3.8, 4) is 0 Å². The van der Waals surface area contributed by atoms with Gasteiger partial charge in [-0.25, -0.2) is 9.59 Å². The first-order valence-electron chi connectivity index (χ1n) is 7.99. The van der Waals surface area contributed by atoms with E-state index in [9.17, 15) is 9.59 Å². The Morgan fingerprint density at radius 2 is 0.852 bits per heavy atom. The fraction of sp³-hybridized carbons (Fsp3) is 0. The summed E-state index contributed by atoms with van der Waals surface area (Å²) in [7, 11) is 0. The van der Waals surface area contributed by atoms with E-state index < -0.39 is 11.9 Å². The van der Waals surface area contributed by atoms with Crippen LogP contribution in [0.25, 0.3) is 21.5 Å². The van der Waals surface area contributed by atoms with Crippen LogP contribution in [0.15, 0.2) is 84.9 Å². The summed E-state index contributed by atoms with van der Waals surface area (Å²) in [6, 6.07) is 25.6. The zero-order valence-corrected chi connectivity index (χ0v) is 15.0. The van der Waals surface area contributed by atoms with E-state index in [4.69, 9.17) is 10.2 Å². The van der Waals surface area contributed by atoms with Crippen molar-refractivity contribution in [3.63, 3.8) is 0 Å². The molecule has 2 N–H and O–H groups in total. The molecular formula is C22H16CuO4. The maximum atomic E-state index is 10.6. The molecule has 0 bridgehead atoms. The SMILES string of the molecule is O=C(O)c1ccc2ccccc2c1.O=C(O)c1ccc2ccccc2c1.[Cu]. The molecule has 139 valence electrons. The van der Waals surface area contributed by atoms with Gasteiger partial charge in [0.15, 0.2) is 0 Å². The standard InChI is InChI=1S/2C11H8O2.Cu/c2*12-11(13)10-6-5-8-3-1-2-4-9(8)7-10;/h2*1-7H,(H,12,13);. The predicted molar refractivity (Wildman–Crippen MR) is 102 cm³/mol. The van der Waals surface area contributed by atoms with E-state index in [0.29, 0.717) is 11.1 Å². The van der Waals surface area contributed by atoms with Gasteiger partial charge in [0, 0.05) is 17.1 Å².